The van der Waals surface area contributed by atoms with Gasteiger partial charge in [-0.05, 0) is 68.1 Å². The first-order chi connectivity index (χ1) is 11.8. The Hall–Kier alpha value is -1.91. The largest absolute Gasteiger partial charge is 0.396 e. The number of para-hydroxylation sites is 1. The van der Waals surface area contributed by atoms with Crippen LogP contribution in [-0.2, 0) is 6.54 Å². The average molecular weight is 325 g/mol. The molecule has 1 aromatic heterocycles. The van der Waals surface area contributed by atoms with E-state index in [0.717, 1.165) is 32.5 Å². The Bertz CT molecular complexity index is 624. The van der Waals surface area contributed by atoms with Crippen LogP contribution >= 0.6 is 0 Å². The minimum absolute atomic E-state index is 0.245. The number of likely N-dealkylation sites (tertiary alicyclic amines) is 1. The SMILES string of the molecule is CC(Nc1ccccc1CN1CCC(CO)CC1)c1ccncc1. The highest BCUT2D eigenvalue weighted by Crippen LogP contribution is 2.25. The third-order valence-corrected chi connectivity index (χ3v) is 4.95. The molecule has 0 amide bonds. The molecule has 128 valence electrons. The van der Waals surface area contributed by atoms with Crippen LogP contribution in [0.15, 0.2) is 48.8 Å². The molecule has 0 aliphatic carbocycles. The van der Waals surface area contributed by atoms with Gasteiger partial charge in [0, 0.05) is 37.3 Å². The van der Waals surface area contributed by atoms with Gasteiger partial charge in [0.05, 0.1) is 0 Å². The molecule has 0 saturated carbocycles. The van der Waals surface area contributed by atoms with Gasteiger partial charge in [-0.15, -0.1) is 0 Å². The van der Waals surface area contributed by atoms with Crippen molar-refractivity contribution in [1.29, 1.82) is 0 Å². The molecule has 1 aromatic carbocycles. The van der Waals surface area contributed by atoms with Crippen molar-refractivity contribution in [2.75, 3.05) is 25.0 Å². The molecule has 0 radical (unpaired) electrons. The summed E-state index contributed by atoms with van der Waals surface area (Å²) in [5.74, 6) is 0.487. The highest BCUT2D eigenvalue weighted by Gasteiger charge is 2.19. The number of piperidine rings is 1. The van der Waals surface area contributed by atoms with E-state index in [1.54, 1.807) is 0 Å². The molecule has 1 unspecified atom stereocenters. The summed E-state index contributed by atoms with van der Waals surface area (Å²) in [6.07, 6.45) is 5.87. The quantitative estimate of drug-likeness (QED) is 0.854. The van der Waals surface area contributed by atoms with Crippen LogP contribution in [-0.4, -0.2) is 34.7 Å². The minimum atomic E-state index is 0.245. The molecule has 1 aliphatic heterocycles. The summed E-state index contributed by atoms with van der Waals surface area (Å²) in [5, 5.41) is 12.9. The standard InChI is InChI=1S/C20H27N3O/c1-16(18-6-10-21-11-7-18)22-20-5-3-2-4-19(20)14-23-12-8-17(15-24)9-13-23/h2-7,10-11,16-17,22,24H,8-9,12-15H2,1H3. The van der Waals surface area contributed by atoms with Crippen molar-refractivity contribution in [3.8, 4) is 0 Å². The van der Waals surface area contributed by atoms with Crippen LogP contribution in [0.4, 0.5) is 5.69 Å². The van der Waals surface area contributed by atoms with Gasteiger partial charge in [0.2, 0.25) is 0 Å². The Morgan fingerprint density at radius 3 is 2.58 bits per heavy atom. The number of benzene rings is 1. The van der Waals surface area contributed by atoms with E-state index in [0.29, 0.717) is 12.5 Å². The Labute approximate surface area is 144 Å². The number of anilines is 1. The number of hydrogen-bond acceptors (Lipinski definition) is 4. The Morgan fingerprint density at radius 2 is 1.88 bits per heavy atom. The Kier molecular flexibility index (Phi) is 5.83. The van der Waals surface area contributed by atoms with E-state index in [-0.39, 0.29) is 6.04 Å². The zero-order valence-corrected chi connectivity index (χ0v) is 14.4. The average Bonchev–Trinajstić information content (AvgIpc) is 2.64. The minimum Gasteiger partial charge on any atom is -0.396 e. The van der Waals surface area contributed by atoms with Crippen molar-refractivity contribution in [3.63, 3.8) is 0 Å². The maximum absolute atomic E-state index is 9.29. The van der Waals surface area contributed by atoms with Crippen LogP contribution in [0, 0.1) is 5.92 Å². The molecular formula is C20H27N3O. The van der Waals surface area contributed by atoms with Gasteiger partial charge in [-0.2, -0.15) is 0 Å². The normalized spacial score (nSPS) is 17.6. The molecule has 2 N–H and O–H groups in total. The fraction of sp³-hybridized carbons (Fsp3) is 0.450. The van der Waals surface area contributed by atoms with Gasteiger partial charge >= 0.3 is 0 Å². The van der Waals surface area contributed by atoms with Gasteiger partial charge < -0.3 is 10.4 Å². The first-order valence-electron chi connectivity index (χ1n) is 8.84. The molecule has 0 bridgehead atoms. The lowest BCUT2D eigenvalue weighted by Crippen LogP contribution is -2.34. The molecule has 0 spiro atoms. The van der Waals surface area contributed by atoms with Gasteiger partial charge in [-0.1, -0.05) is 18.2 Å². The van der Waals surface area contributed by atoms with Gasteiger partial charge in [0.15, 0.2) is 0 Å². The first-order valence-corrected chi connectivity index (χ1v) is 8.84. The summed E-state index contributed by atoms with van der Waals surface area (Å²) in [6, 6.07) is 12.9. The highest BCUT2D eigenvalue weighted by molar-refractivity contribution is 5.52. The van der Waals surface area contributed by atoms with E-state index in [1.165, 1.54) is 16.8 Å². The van der Waals surface area contributed by atoms with Gasteiger partial charge in [0.25, 0.3) is 0 Å². The second-order valence-electron chi connectivity index (χ2n) is 6.71. The lowest BCUT2D eigenvalue weighted by atomic mass is 9.97. The van der Waals surface area contributed by atoms with E-state index in [9.17, 15) is 5.11 Å². The molecule has 1 aliphatic rings. The second-order valence-corrected chi connectivity index (χ2v) is 6.71. The van der Waals surface area contributed by atoms with Crippen molar-refractivity contribution >= 4 is 5.69 Å². The maximum Gasteiger partial charge on any atom is 0.0486 e. The molecule has 4 heteroatoms. The van der Waals surface area contributed by atoms with Gasteiger partial charge in [0.1, 0.15) is 0 Å². The van der Waals surface area contributed by atoms with Crippen LogP contribution in [0.5, 0.6) is 0 Å². The number of nitrogens with one attached hydrogen (secondary N) is 1. The topological polar surface area (TPSA) is 48.4 Å². The van der Waals surface area contributed by atoms with E-state index in [2.05, 4.69) is 58.5 Å². The third kappa shape index (κ3) is 4.34. The van der Waals surface area contributed by atoms with Crippen molar-refractivity contribution < 1.29 is 5.11 Å². The van der Waals surface area contributed by atoms with Crippen LogP contribution in [0.25, 0.3) is 0 Å². The molecule has 4 nitrogen and oxygen atoms in total. The van der Waals surface area contributed by atoms with Crippen molar-refractivity contribution in [2.45, 2.75) is 32.4 Å². The molecule has 2 heterocycles. The van der Waals surface area contributed by atoms with Crippen molar-refractivity contribution in [3.05, 3.63) is 59.9 Å². The number of hydrogen-bond donors (Lipinski definition) is 2. The van der Waals surface area contributed by atoms with Crippen LogP contribution in [0.3, 0.4) is 0 Å². The smallest absolute Gasteiger partial charge is 0.0486 e. The fourth-order valence-electron chi connectivity index (χ4n) is 3.34. The number of aliphatic hydroxyl groups excluding tert-OH is 1. The summed E-state index contributed by atoms with van der Waals surface area (Å²) in [7, 11) is 0. The van der Waals surface area contributed by atoms with Crippen LogP contribution < -0.4 is 5.32 Å². The number of pyridine rings is 1. The third-order valence-electron chi connectivity index (χ3n) is 4.95. The lowest BCUT2D eigenvalue weighted by molar-refractivity contribution is 0.127. The summed E-state index contributed by atoms with van der Waals surface area (Å²) in [4.78, 5) is 6.58. The summed E-state index contributed by atoms with van der Waals surface area (Å²) in [6.45, 7) is 5.61. The molecular weight excluding hydrogens is 298 g/mol. The predicted molar refractivity (Wildman–Crippen MR) is 97.8 cm³/mol. The van der Waals surface area contributed by atoms with Crippen molar-refractivity contribution in [2.24, 2.45) is 5.92 Å². The molecule has 24 heavy (non-hydrogen) atoms. The number of aliphatic hydroxyl groups is 1. The van der Waals surface area contributed by atoms with E-state index < -0.39 is 0 Å². The highest BCUT2D eigenvalue weighted by atomic mass is 16.3. The monoisotopic (exact) mass is 325 g/mol. The molecule has 1 fully saturated rings. The van der Waals surface area contributed by atoms with E-state index >= 15 is 0 Å². The van der Waals surface area contributed by atoms with Gasteiger partial charge in [-0.3, -0.25) is 9.88 Å². The first kappa shape index (κ1) is 16.9. The molecule has 3 rings (SSSR count). The summed E-state index contributed by atoms with van der Waals surface area (Å²) in [5.41, 5.74) is 3.77. The maximum atomic E-state index is 9.29. The van der Waals surface area contributed by atoms with Crippen LogP contribution in [0.1, 0.15) is 36.9 Å². The zero-order valence-electron chi connectivity index (χ0n) is 14.4. The Balaban J connectivity index is 1.65. The van der Waals surface area contributed by atoms with Gasteiger partial charge in [-0.25, -0.2) is 0 Å². The summed E-state index contributed by atoms with van der Waals surface area (Å²) < 4.78 is 0. The molecule has 2 aromatic rings. The number of aromatic nitrogens is 1. The number of rotatable bonds is 6. The molecule has 1 saturated heterocycles. The Morgan fingerprint density at radius 1 is 1.17 bits per heavy atom. The number of nitrogens with zero attached hydrogens (tertiary/aromatic N) is 2. The lowest BCUT2D eigenvalue weighted by Gasteiger charge is -2.31. The predicted octanol–water partition coefficient (Wildman–Crippen LogP) is 3.46. The van der Waals surface area contributed by atoms with E-state index in [4.69, 9.17) is 0 Å². The second kappa shape index (κ2) is 8.27. The van der Waals surface area contributed by atoms with Crippen LogP contribution in [0.2, 0.25) is 0 Å². The molecule has 1 atom stereocenters. The van der Waals surface area contributed by atoms with Crippen molar-refractivity contribution in [1.82, 2.24) is 9.88 Å². The fourth-order valence-corrected chi connectivity index (χ4v) is 3.34. The summed E-state index contributed by atoms with van der Waals surface area (Å²) >= 11 is 0. The zero-order chi connectivity index (χ0) is 16.8. The van der Waals surface area contributed by atoms with E-state index in [1.807, 2.05) is 12.4 Å².